The Morgan fingerprint density at radius 3 is 2.27 bits per heavy atom. The molecule has 0 nitrogen and oxygen atoms in total. The molecule has 0 spiro atoms. The van der Waals surface area contributed by atoms with Crippen LogP contribution in [-0.4, -0.2) is 0 Å². The third-order valence-corrected chi connectivity index (χ3v) is 2.72. The second kappa shape index (κ2) is 4.13. The van der Waals surface area contributed by atoms with Gasteiger partial charge in [-0.1, -0.05) is 33.6 Å². The summed E-state index contributed by atoms with van der Waals surface area (Å²) in [6.07, 6.45) is 7.38. The molecule has 1 aliphatic rings. The van der Waals surface area contributed by atoms with Gasteiger partial charge in [-0.25, -0.2) is 0 Å². The van der Waals surface area contributed by atoms with E-state index < -0.39 is 0 Å². The number of rotatable bonds is 5. The molecule has 0 N–H and O–H groups in total. The highest BCUT2D eigenvalue weighted by molar-refractivity contribution is 4.81. The van der Waals surface area contributed by atoms with Crippen LogP contribution in [0, 0.1) is 17.8 Å². The van der Waals surface area contributed by atoms with Crippen LogP contribution in [0.3, 0.4) is 0 Å². The summed E-state index contributed by atoms with van der Waals surface area (Å²) in [5.41, 5.74) is 0. The van der Waals surface area contributed by atoms with E-state index >= 15 is 0 Å². The highest BCUT2D eigenvalue weighted by Gasteiger charge is 2.30. The first-order chi connectivity index (χ1) is 5.24. The molecule has 1 aliphatic carbocycles. The van der Waals surface area contributed by atoms with Crippen LogP contribution in [0.4, 0.5) is 0 Å². The van der Waals surface area contributed by atoms with Crippen LogP contribution >= 0.6 is 0 Å². The van der Waals surface area contributed by atoms with Crippen LogP contribution in [0.25, 0.3) is 0 Å². The van der Waals surface area contributed by atoms with Gasteiger partial charge in [-0.15, -0.1) is 0 Å². The van der Waals surface area contributed by atoms with Gasteiger partial charge in [-0.3, -0.25) is 0 Å². The lowest BCUT2D eigenvalue weighted by molar-refractivity contribution is 0.344. The third-order valence-electron chi connectivity index (χ3n) is 2.72. The molecule has 0 bridgehead atoms. The lowest BCUT2D eigenvalue weighted by Crippen LogP contribution is -2.06. The predicted octanol–water partition coefficient (Wildman–Crippen LogP) is 3.86. The minimum Gasteiger partial charge on any atom is -0.0654 e. The Bertz CT molecular complexity index is 101. The molecule has 1 atom stereocenters. The van der Waals surface area contributed by atoms with Crippen molar-refractivity contribution in [2.45, 2.75) is 52.9 Å². The van der Waals surface area contributed by atoms with Gasteiger partial charge in [0.2, 0.25) is 0 Å². The van der Waals surface area contributed by atoms with Crippen LogP contribution in [0.1, 0.15) is 52.9 Å². The molecular formula is C11H22. The van der Waals surface area contributed by atoms with Crippen molar-refractivity contribution >= 4 is 0 Å². The largest absolute Gasteiger partial charge is 0.0654 e. The van der Waals surface area contributed by atoms with Crippen molar-refractivity contribution in [1.29, 1.82) is 0 Å². The standard InChI is InChI=1S/C11H22/c1-4-5-11(8-9(2)3)10-6-7-10/h9-11H,4-8H2,1-3H3. The molecule has 1 saturated carbocycles. The monoisotopic (exact) mass is 154 g/mol. The zero-order valence-electron chi connectivity index (χ0n) is 8.27. The molecular weight excluding hydrogens is 132 g/mol. The molecule has 0 amide bonds. The topological polar surface area (TPSA) is 0 Å². The second-order valence-electron chi connectivity index (χ2n) is 4.52. The van der Waals surface area contributed by atoms with Gasteiger partial charge in [0.1, 0.15) is 0 Å². The fourth-order valence-corrected chi connectivity index (χ4v) is 2.09. The second-order valence-corrected chi connectivity index (χ2v) is 4.52. The molecule has 1 unspecified atom stereocenters. The smallest absolute Gasteiger partial charge is 0.0384 e. The molecule has 66 valence electrons. The Morgan fingerprint density at radius 2 is 1.91 bits per heavy atom. The zero-order valence-corrected chi connectivity index (χ0v) is 8.27. The van der Waals surface area contributed by atoms with Gasteiger partial charge in [0, 0.05) is 0 Å². The van der Waals surface area contributed by atoms with E-state index in [1.807, 2.05) is 0 Å². The fraction of sp³-hybridized carbons (Fsp3) is 1.00. The van der Waals surface area contributed by atoms with Gasteiger partial charge in [-0.2, -0.15) is 0 Å². The van der Waals surface area contributed by atoms with E-state index in [4.69, 9.17) is 0 Å². The van der Waals surface area contributed by atoms with Gasteiger partial charge in [0.25, 0.3) is 0 Å². The lowest BCUT2D eigenvalue weighted by Gasteiger charge is -2.17. The van der Waals surface area contributed by atoms with Crippen molar-refractivity contribution in [3.63, 3.8) is 0 Å². The minimum atomic E-state index is 0.909. The quantitative estimate of drug-likeness (QED) is 0.564. The zero-order chi connectivity index (χ0) is 8.27. The Balaban J connectivity index is 2.20. The van der Waals surface area contributed by atoms with Gasteiger partial charge < -0.3 is 0 Å². The van der Waals surface area contributed by atoms with E-state index in [1.165, 1.54) is 32.1 Å². The average molecular weight is 154 g/mol. The molecule has 0 aliphatic heterocycles. The normalized spacial score (nSPS) is 20.7. The molecule has 0 heterocycles. The van der Waals surface area contributed by atoms with E-state index in [-0.39, 0.29) is 0 Å². The number of hydrogen-bond acceptors (Lipinski definition) is 0. The summed E-state index contributed by atoms with van der Waals surface area (Å²) in [5.74, 6) is 3.10. The lowest BCUT2D eigenvalue weighted by atomic mass is 9.89. The Morgan fingerprint density at radius 1 is 1.27 bits per heavy atom. The summed E-state index contributed by atoms with van der Waals surface area (Å²) in [4.78, 5) is 0. The van der Waals surface area contributed by atoms with E-state index in [9.17, 15) is 0 Å². The van der Waals surface area contributed by atoms with Gasteiger partial charge in [0.05, 0.1) is 0 Å². The Hall–Kier alpha value is 0. The summed E-state index contributed by atoms with van der Waals surface area (Å²) in [6.45, 7) is 7.02. The molecule has 11 heavy (non-hydrogen) atoms. The predicted molar refractivity (Wildman–Crippen MR) is 50.6 cm³/mol. The molecule has 0 radical (unpaired) electrons. The van der Waals surface area contributed by atoms with Crippen LogP contribution in [0.15, 0.2) is 0 Å². The SMILES string of the molecule is CCCC(CC(C)C)C1CC1. The maximum atomic E-state index is 2.35. The maximum Gasteiger partial charge on any atom is -0.0384 e. The van der Waals surface area contributed by atoms with Gasteiger partial charge in [-0.05, 0) is 37.0 Å². The summed E-state index contributed by atoms with van der Waals surface area (Å²) in [6, 6.07) is 0. The summed E-state index contributed by atoms with van der Waals surface area (Å²) < 4.78 is 0. The van der Waals surface area contributed by atoms with Crippen LogP contribution in [0.5, 0.6) is 0 Å². The molecule has 1 rings (SSSR count). The highest BCUT2D eigenvalue weighted by Crippen LogP contribution is 2.41. The summed E-state index contributed by atoms with van der Waals surface area (Å²) in [5, 5.41) is 0. The fourth-order valence-electron chi connectivity index (χ4n) is 2.09. The van der Waals surface area contributed by atoms with Crippen molar-refractivity contribution in [2.24, 2.45) is 17.8 Å². The number of hydrogen-bond donors (Lipinski definition) is 0. The van der Waals surface area contributed by atoms with Crippen LogP contribution in [0.2, 0.25) is 0 Å². The van der Waals surface area contributed by atoms with Crippen LogP contribution in [-0.2, 0) is 0 Å². The molecule has 0 saturated heterocycles. The Kier molecular flexibility index (Phi) is 3.42. The molecule has 1 fully saturated rings. The van der Waals surface area contributed by atoms with Gasteiger partial charge in [0.15, 0.2) is 0 Å². The van der Waals surface area contributed by atoms with E-state index in [0.29, 0.717) is 0 Å². The van der Waals surface area contributed by atoms with Gasteiger partial charge >= 0.3 is 0 Å². The third kappa shape index (κ3) is 3.27. The maximum absolute atomic E-state index is 2.35. The average Bonchev–Trinajstić information content (AvgIpc) is 2.66. The highest BCUT2D eigenvalue weighted by atomic mass is 14.4. The first kappa shape index (κ1) is 9.09. The first-order valence-corrected chi connectivity index (χ1v) is 5.24. The molecule has 0 aromatic carbocycles. The van der Waals surface area contributed by atoms with Crippen LogP contribution < -0.4 is 0 Å². The first-order valence-electron chi connectivity index (χ1n) is 5.24. The van der Waals surface area contributed by atoms with Crippen molar-refractivity contribution in [1.82, 2.24) is 0 Å². The minimum absolute atomic E-state index is 0.909. The van der Waals surface area contributed by atoms with E-state index in [1.54, 1.807) is 0 Å². The summed E-state index contributed by atoms with van der Waals surface area (Å²) in [7, 11) is 0. The van der Waals surface area contributed by atoms with Crippen molar-refractivity contribution in [3.05, 3.63) is 0 Å². The molecule has 0 heteroatoms. The molecule has 0 aromatic heterocycles. The Labute approximate surface area is 71.4 Å². The van der Waals surface area contributed by atoms with E-state index in [2.05, 4.69) is 20.8 Å². The van der Waals surface area contributed by atoms with E-state index in [0.717, 1.165) is 17.8 Å². The van der Waals surface area contributed by atoms with Crippen molar-refractivity contribution < 1.29 is 0 Å². The molecule has 0 aromatic rings. The van der Waals surface area contributed by atoms with Crippen molar-refractivity contribution in [3.8, 4) is 0 Å². The van der Waals surface area contributed by atoms with Crippen molar-refractivity contribution in [2.75, 3.05) is 0 Å². The summed E-state index contributed by atoms with van der Waals surface area (Å²) >= 11 is 0.